The maximum atomic E-state index is 12.4. The summed E-state index contributed by atoms with van der Waals surface area (Å²) in [5, 5.41) is 3.27. The average Bonchev–Trinajstić information content (AvgIpc) is 2.94. The van der Waals surface area contributed by atoms with Crippen molar-refractivity contribution < 1.29 is 4.79 Å². The van der Waals surface area contributed by atoms with Gasteiger partial charge in [-0.05, 0) is 35.2 Å². The van der Waals surface area contributed by atoms with Crippen LogP contribution in [0.1, 0.15) is 55.3 Å². The van der Waals surface area contributed by atoms with Crippen molar-refractivity contribution in [1.82, 2.24) is 0 Å². The second-order valence-corrected chi connectivity index (χ2v) is 6.53. The molecule has 2 heteroatoms. The fourth-order valence-corrected chi connectivity index (χ4v) is 4.09. The molecular weight excluding hydrogens is 252 g/mol. The van der Waals surface area contributed by atoms with Crippen LogP contribution in [0.25, 0.3) is 10.1 Å². The number of ketones is 1. The molecule has 0 spiro atoms. The fraction of sp³-hybridized carbons (Fsp3) is 0.471. The number of fused-ring (bicyclic) bond motifs is 1. The first-order chi connectivity index (χ1) is 9.34. The molecule has 2 aromatic rings. The van der Waals surface area contributed by atoms with E-state index in [0.717, 1.165) is 29.0 Å². The molecule has 1 saturated carbocycles. The van der Waals surface area contributed by atoms with Crippen LogP contribution < -0.4 is 0 Å². The van der Waals surface area contributed by atoms with Gasteiger partial charge in [0.15, 0.2) is 5.78 Å². The molecule has 1 heterocycles. The topological polar surface area (TPSA) is 17.1 Å². The molecule has 0 N–H and O–H groups in total. The smallest absolute Gasteiger partial charge is 0.164 e. The Kier molecular flexibility index (Phi) is 3.97. The summed E-state index contributed by atoms with van der Waals surface area (Å²) in [7, 11) is 0. The predicted molar refractivity (Wildman–Crippen MR) is 82.0 cm³/mol. The van der Waals surface area contributed by atoms with Gasteiger partial charge in [-0.1, -0.05) is 44.2 Å². The predicted octanol–water partition coefficient (Wildman–Crippen LogP) is 5.44. The quantitative estimate of drug-likeness (QED) is 0.677. The zero-order valence-electron chi connectivity index (χ0n) is 11.2. The molecule has 0 radical (unpaired) electrons. The van der Waals surface area contributed by atoms with Crippen molar-refractivity contribution in [2.24, 2.45) is 5.92 Å². The summed E-state index contributed by atoms with van der Waals surface area (Å²) in [6.07, 6.45) is 8.58. The Balaban J connectivity index is 1.68. The Morgan fingerprint density at radius 2 is 2.00 bits per heavy atom. The van der Waals surface area contributed by atoms with E-state index in [1.54, 1.807) is 11.3 Å². The maximum Gasteiger partial charge on any atom is 0.164 e. The lowest BCUT2D eigenvalue weighted by Gasteiger charge is -2.20. The summed E-state index contributed by atoms with van der Waals surface area (Å²) in [6, 6.07) is 8.17. The van der Waals surface area contributed by atoms with Gasteiger partial charge in [0, 0.05) is 16.7 Å². The summed E-state index contributed by atoms with van der Waals surface area (Å²) >= 11 is 1.68. The van der Waals surface area contributed by atoms with Crippen molar-refractivity contribution in [2.45, 2.75) is 44.9 Å². The van der Waals surface area contributed by atoms with Crippen molar-refractivity contribution >= 4 is 27.2 Å². The largest absolute Gasteiger partial charge is 0.294 e. The molecule has 0 amide bonds. The van der Waals surface area contributed by atoms with Crippen molar-refractivity contribution in [3.63, 3.8) is 0 Å². The van der Waals surface area contributed by atoms with Gasteiger partial charge < -0.3 is 0 Å². The molecule has 0 atom stereocenters. The van der Waals surface area contributed by atoms with Gasteiger partial charge in [0.25, 0.3) is 0 Å². The minimum Gasteiger partial charge on any atom is -0.294 e. The van der Waals surface area contributed by atoms with Crippen LogP contribution in [0, 0.1) is 5.92 Å². The Morgan fingerprint density at radius 1 is 1.16 bits per heavy atom. The monoisotopic (exact) mass is 272 g/mol. The molecule has 1 aromatic carbocycles. The van der Waals surface area contributed by atoms with Crippen molar-refractivity contribution in [3.8, 4) is 0 Å². The highest BCUT2D eigenvalue weighted by molar-refractivity contribution is 7.17. The molecule has 1 fully saturated rings. The highest BCUT2D eigenvalue weighted by Gasteiger charge is 2.16. The molecule has 1 aliphatic carbocycles. The first-order valence-corrected chi connectivity index (χ1v) is 8.22. The van der Waals surface area contributed by atoms with E-state index in [-0.39, 0.29) is 0 Å². The van der Waals surface area contributed by atoms with Crippen LogP contribution in [-0.2, 0) is 0 Å². The number of hydrogen-bond acceptors (Lipinski definition) is 2. The molecule has 19 heavy (non-hydrogen) atoms. The van der Waals surface area contributed by atoms with Crippen LogP contribution in [0.4, 0.5) is 0 Å². The lowest BCUT2D eigenvalue weighted by Crippen LogP contribution is -2.09. The van der Waals surface area contributed by atoms with Crippen molar-refractivity contribution in [2.75, 3.05) is 0 Å². The third-order valence-corrected chi connectivity index (χ3v) is 5.25. The Bertz CT molecular complexity index is 563. The Labute approximate surface area is 118 Å². The molecule has 100 valence electrons. The van der Waals surface area contributed by atoms with E-state index in [0.29, 0.717) is 5.78 Å². The highest BCUT2D eigenvalue weighted by Crippen LogP contribution is 2.30. The van der Waals surface area contributed by atoms with Gasteiger partial charge in [0.05, 0.1) is 0 Å². The van der Waals surface area contributed by atoms with Crippen LogP contribution in [-0.4, -0.2) is 5.78 Å². The van der Waals surface area contributed by atoms with Gasteiger partial charge in [0.2, 0.25) is 0 Å². The SMILES string of the molecule is O=C(CCC1CCCCC1)c1cccc2ccsc12. The molecule has 0 saturated heterocycles. The molecule has 1 nitrogen and oxygen atoms in total. The van der Waals surface area contributed by atoms with E-state index in [1.807, 2.05) is 12.1 Å². The van der Waals surface area contributed by atoms with Gasteiger partial charge in [-0.15, -0.1) is 11.3 Å². The number of Topliss-reactive ketones (excluding diaryl/α,β-unsaturated/α-hetero) is 1. The molecule has 0 bridgehead atoms. The van der Waals surface area contributed by atoms with Crippen molar-refractivity contribution in [1.29, 1.82) is 0 Å². The lowest BCUT2D eigenvalue weighted by molar-refractivity contribution is 0.0972. The van der Waals surface area contributed by atoms with Gasteiger partial charge in [-0.25, -0.2) is 0 Å². The van der Waals surface area contributed by atoms with Gasteiger partial charge >= 0.3 is 0 Å². The van der Waals surface area contributed by atoms with Crippen LogP contribution in [0.3, 0.4) is 0 Å². The van der Waals surface area contributed by atoms with E-state index in [4.69, 9.17) is 0 Å². The van der Waals surface area contributed by atoms with E-state index in [2.05, 4.69) is 17.5 Å². The second-order valence-electron chi connectivity index (χ2n) is 5.61. The zero-order chi connectivity index (χ0) is 13.1. The summed E-state index contributed by atoms with van der Waals surface area (Å²) in [5.74, 6) is 1.12. The van der Waals surface area contributed by atoms with Crippen LogP contribution in [0.15, 0.2) is 29.6 Å². The molecular formula is C17H20OS. The first kappa shape index (κ1) is 12.9. The fourth-order valence-electron chi connectivity index (χ4n) is 3.16. The molecule has 3 rings (SSSR count). The van der Waals surface area contributed by atoms with Gasteiger partial charge in [-0.2, -0.15) is 0 Å². The van der Waals surface area contributed by atoms with Crippen LogP contribution >= 0.6 is 11.3 Å². The zero-order valence-corrected chi connectivity index (χ0v) is 12.0. The van der Waals surface area contributed by atoms with E-state index in [9.17, 15) is 4.79 Å². The highest BCUT2D eigenvalue weighted by atomic mass is 32.1. The lowest BCUT2D eigenvalue weighted by atomic mass is 9.85. The Hall–Kier alpha value is -1.15. The van der Waals surface area contributed by atoms with E-state index >= 15 is 0 Å². The first-order valence-electron chi connectivity index (χ1n) is 7.34. The third kappa shape index (κ3) is 2.89. The number of benzene rings is 1. The van der Waals surface area contributed by atoms with Crippen LogP contribution in [0.5, 0.6) is 0 Å². The normalized spacial score (nSPS) is 16.8. The van der Waals surface area contributed by atoms with Crippen LogP contribution in [0.2, 0.25) is 0 Å². The number of thiophene rings is 1. The van der Waals surface area contributed by atoms with Gasteiger partial charge in [-0.3, -0.25) is 4.79 Å². The Morgan fingerprint density at radius 3 is 2.84 bits per heavy atom. The number of rotatable bonds is 4. The number of carbonyl (C=O) groups is 1. The van der Waals surface area contributed by atoms with E-state index < -0.39 is 0 Å². The number of carbonyl (C=O) groups excluding carboxylic acids is 1. The van der Waals surface area contributed by atoms with Crippen molar-refractivity contribution in [3.05, 3.63) is 35.2 Å². The third-order valence-electron chi connectivity index (χ3n) is 4.28. The standard InChI is InChI=1S/C17H20OS/c18-16(10-9-13-5-2-1-3-6-13)15-8-4-7-14-11-12-19-17(14)15/h4,7-8,11-13H,1-3,5-6,9-10H2. The summed E-state index contributed by atoms with van der Waals surface area (Å²) in [5.41, 5.74) is 0.934. The molecule has 0 unspecified atom stereocenters. The maximum absolute atomic E-state index is 12.4. The second kappa shape index (κ2) is 5.87. The molecule has 1 aliphatic rings. The summed E-state index contributed by atoms with van der Waals surface area (Å²) < 4.78 is 1.16. The minimum absolute atomic E-state index is 0.332. The molecule has 0 aliphatic heterocycles. The molecule has 1 aromatic heterocycles. The number of hydrogen-bond donors (Lipinski definition) is 0. The minimum atomic E-state index is 0.332. The summed E-state index contributed by atoms with van der Waals surface area (Å²) in [6.45, 7) is 0. The van der Waals surface area contributed by atoms with Gasteiger partial charge in [0.1, 0.15) is 0 Å². The average molecular weight is 272 g/mol. The summed E-state index contributed by atoms with van der Waals surface area (Å²) in [4.78, 5) is 12.4. The van der Waals surface area contributed by atoms with E-state index in [1.165, 1.54) is 37.5 Å².